The molecular formula is C13H15N3OS. The van der Waals surface area contributed by atoms with Crippen molar-refractivity contribution in [3.8, 4) is 11.5 Å². The van der Waals surface area contributed by atoms with E-state index in [4.69, 9.17) is 4.52 Å². The van der Waals surface area contributed by atoms with Crippen molar-refractivity contribution in [3.05, 3.63) is 30.1 Å². The Kier molecular flexibility index (Phi) is 3.23. The lowest BCUT2D eigenvalue weighted by Gasteiger charge is -2.14. The Morgan fingerprint density at radius 2 is 2.28 bits per heavy atom. The third kappa shape index (κ3) is 2.36. The SMILES string of the molecule is Cc1noc(-c2ccccc2NC2CCSC2)n1. The molecule has 1 unspecified atom stereocenters. The Hall–Kier alpha value is -1.49. The molecule has 94 valence electrons. The Labute approximate surface area is 110 Å². The molecule has 1 aliphatic rings. The van der Waals surface area contributed by atoms with Crippen molar-refractivity contribution in [2.75, 3.05) is 16.8 Å². The van der Waals surface area contributed by atoms with Crippen LogP contribution < -0.4 is 5.32 Å². The minimum absolute atomic E-state index is 0.542. The summed E-state index contributed by atoms with van der Waals surface area (Å²) in [5.74, 6) is 3.65. The van der Waals surface area contributed by atoms with E-state index < -0.39 is 0 Å². The van der Waals surface area contributed by atoms with E-state index >= 15 is 0 Å². The van der Waals surface area contributed by atoms with Gasteiger partial charge in [0.15, 0.2) is 5.82 Å². The van der Waals surface area contributed by atoms with E-state index in [0.717, 1.165) is 17.0 Å². The molecule has 3 rings (SSSR count). The number of rotatable bonds is 3. The van der Waals surface area contributed by atoms with Crippen LogP contribution in [0.5, 0.6) is 0 Å². The Morgan fingerprint density at radius 1 is 1.39 bits per heavy atom. The van der Waals surface area contributed by atoms with Crippen LogP contribution in [0.3, 0.4) is 0 Å². The van der Waals surface area contributed by atoms with Crippen LogP contribution in [-0.2, 0) is 0 Å². The molecule has 0 radical (unpaired) electrons. The maximum Gasteiger partial charge on any atom is 0.260 e. The zero-order valence-corrected chi connectivity index (χ0v) is 11.0. The zero-order valence-electron chi connectivity index (χ0n) is 10.2. The predicted octanol–water partition coefficient (Wildman–Crippen LogP) is 2.96. The Morgan fingerprint density at radius 3 is 3.00 bits per heavy atom. The van der Waals surface area contributed by atoms with Gasteiger partial charge in [0.2, 0.25) is 0 Å². The van der Waals surface area contributed by atoms with Gasteiger partial charge >= 0.3 is 0 Å². The number of thioether (sulfide) groups is 1. The fourth-order valence-corrected chi connectivity index (χ4v) is 3.22. The smallest absolute Gasteiger partial charge is 0.260 e. The number of aryl methyl sites for hydroxylation is 1. The first-order valence-corrected chi connectivity index (χ1v) is 7.22. The first kappa shape index (κ1) is 11.6. The maximum atomic E-state index is 5.25. The molecule has 5 heteroatoms. The van der Waals surface area contributed by atoms with E-state index in [-0.39, 0.29) is 0 Å². The molecule has 2 aromatic rings. The summed E-state index contributed by atoms with van der Waals surface area (Å²) in [7, 11) is 0. The molecule has 0 amide bonds. The molecule has 1 atom stereocenters. The fourth-order valence-electron chi connectivity index (χ4n) is 2.07. The number of aromatic nitrogens is 2. The molecule has 0 bridgehead atoms. The van der Waals surface area contributed by atoms with E-state index in [1.54, 1.807) is 0 Å². The van der Waals surface area contributed by atoms with Gasteiger partial charge in [-0.25, -0.2) is 0 Å². The second kappa shape index (κ2) is 5.02. The third-order valence-electron chi connectivity index (χ3n) is 2.97. The second-order valence-corrected chi connectivity index (χ2v) is 5.55. The second-order valence-electron chi connectivity index (χ2n) is 4.40. The monoisotopic (exact) mass is 261 g/mol. The van der Waals surface area contributed by atoms with Gasteiger partial charge in [-0.3, -0.25) is 0 Å². The van der Waals surface area contributed by atoms with Gasteiger partial charge in [-0.05, 0) is 31.2 Å². The summed E-state index contributed by atoms with van der Waals surface area (Å²) in [6.07, 6.45) is 1.21. The van der Waals surface area contributed by atoms with Crippen molar-refractivity contribution < 1.29 is 4.52 Å². The largest absolute Gasteiger partial charge is 0.381 e. The number of nitrogens with zero attached hydrogens (tertiary/aromatic N) is 2. The van der Waals surface area contributed by atoms with Crippen LogP contribution in [0.15, 0.2) is 28.8 Å². The highest BCUT2D eigenvalue weighted by Crippen LogP contribution is 2.29. The van der Waals surface area contributed by atoms with E-state index in [0.29, 0.717) is 17.8 Å². The first-order valence-electron chi connectivity index (χ1n) is 6.07. The van der Waals surface area contributed by atoms with Gasteiger partial charge in [-0.15, -0.1) is 0 Å². The van der Waals surface area contributed by atoms with Crippen molar-refractivity contribution in [1.29, 1.82) is 0 Å². The van der Waals surface area contributed by atoms with Gasteiger partial charge in [-0.1, -0.05) is 17.3 Å². The lowest BCUT2D eigenvalue weighted by Crippen LogP contribution is -2.18. The molecule has 1 fully saturated rings. The highest BCUT2D eigenvalue weighted by molar-refractivity contribution is 7.99. The number of benzene rings is 1. The number of para-hydroxylation sites is 1. The molecule has 4 nitrogen and oxygen atoms in total. The predicted molar refractivity (Wildman–Crippen MR) is 73.8 cm³/mol. The molecule has 1 saturated heterocycles. The van der Waals surface area contributed by atoms with E-state index in [2.05, 4.69) is 21.5 Å². The molecule has 0 saturated carbocycles. The van der Waals surface area contributed by atoms with Crippen molar-refractivity contribution >= 4 is 17.4 Å². The minimum atomic E-state index is 0.542. The number of hydrogen-bond donors (Lipinski definition) is 1. The first-order chi connectivity index (χ1) is 8.83. The lowest BCUT2D eigenvalue weighted by atomic mass is 10.1. The number of nitrogens with one attached hydrogen (secondary N) is 1. The summed E-state index contributed by atoms with van der Waals surface area (Å²) in [6, 6.07) is 8.63. The lowest BCUT2D eigenvalue weighted by molar-refractivity contribution is 0.425. The molecule has 2 heterocycles. The van der Waals surface area contributed by atoms with E-state index in [9.17, 15) is 0 Å². The Balaban J connectivity index is 1.89. The standard InChI is InChI=1S/C13H15N3OS/c1-9-14-13(17-16-9)11-4-2-3-5-12(11)15-10-6-7-18-8-10/h2-5,10,15H,6-8H2,1H3. The van der Waals surface area contributed by atoms with Crippen LogP contribution in [0.1, 0.15) is 12.2 Å². The van der Waals surface area contributed by atoms with Gasteiger partial charge in [0.05, 0.1) is 5.56 Å². The molecule has 1 aliphatic heterocycles. The van der Waals surface area contributed by atoms with Gasteiger partial charge < -0.3 is 9.84 Å². The van der Waals surface area contributed by atoms with Gasteiger partial charge in [0.1, 0.15) is 0 Å². The normalized spacial score (nSPS) is 19.1. The summed E-state index contributed by atoms with van der Waals surface area (Å²) in [5, 5.41) is 7.42. The van der Waals surface area contributed by atoms with Crippen molar-refractivity contribution in [3.63, 3.8) is 0 Å². The summed E-state index contributed by atoms with van der Waals surface area (Å²) >= 11 is 1.99. The summed E-state index contributed by atoms with van der Waals surface area (Å²) in [4.78, 5) is 4.29. The highest BCUT2D eigenvalue weighted by Gasteiger charge is 2.18. The Bertz CT molecular complexity index is 535. The number of hydrogen-bond acceptors (Lipinski definition) is 5. The molecular weight excluding hydrogens is 246 g/mol. The van der Waals surface area contributed by atoms with E-state index in [1.165, 1.54) is 12.2 Å². The molecule has 1 N–H and O–H groups in total. The average molecular weight is 261 g/mol. The van der Waals surface area contributed by atoms with Crippen LogP contribution in [0.25, 0.3) is 11.5 Å². The van der Waals surface area contributed by atoms with E-state index in [1.807, 2.05) is 36.9 Å². The molecule has 1 aromatic heterocycles. The van der Waals surface area contributed by atoms with Crippen LogP contribution in [0.4, 0.5) is 5.69 Å². The topological polar surface area (TPSA) is 51.0 Å². The van der Waals surface area contributed by atoms with Gasteiger partial charge in [0.25, 0.3) is 5.89 Å². The van der Waals surface area contributed by atoms with Crippen molar-refractivity contribution in [1.82, 2.24) is 10.1 Å². The van der Waals surface area contributed by atoms with Gasteiger partial charge in [-0.2, -0.15) is 16.7 Å². The van der Waals surface area contributed by atoms with Crippen LogP contribution in [0, 0.1) is 6.92 Å². The van der Waals surface area contributed by atoms with Crippen LogP contribution in [-0.4, -0.2) is 27.7 Å². The number of anilines is 1. The third-order valence-corrected chi connectivity index (χ3v) is 4.14. The quantitative estimate of drug-likeness (QED) is 0.920. The van der Waals surface area contributed by atoms with Crippen LogP contribution in [0.2, 0.25) is 0 Å². The summed E-state index contributed by atoms with van der Waals surface area (Å²) in [6.45, 7) is 1.83. The fraction of sp³-hybridized carbons (Fsp3) is 0.385. The van der Waals surface area contributed by atoms with Crippen molar-refractivity contribution in [2.24, 2.45) is 0 Å². The highest BCUT2D eigenvalue weighted by atomic mass is 32.2. The minimum Gasteiger partial charge on any atom is -0.381 e. The van der Waals surface area contributed by atoms with Crippen molar-refractivity contribution in [2.45, 2.75) is 19.4 Å². The summed E-state index contributed by atoms with van der Waals surface area (Å²) < 4.78 is 5.25. The maximum absolute atomic E-state index is 5.25. The van der Waals surface area contributed by atoms with Gasteiger partial charge in [0, 0.05) is 17.5 Å². The molecule has 0 aliphatic carbocycles. The molecule has 0 spiro atoms. The summed E-state index contributed by atoms with van der Waals surface area (Å²) in [5.41, 5.74) is 2.06. The molecule has 18 heavy (non-hydrogen) atoms. The molecule has 1 aromatic carbocycles. The zero-order chi connectivity index (χ0) is 12.4. The van der Waals surface area contributed by atoms with Crippen LogP contribution >= 0.6 is 11.8 Å². The average Bonchev–Trinajstić information content (AvgIpc) is 3.02.